The van der Waals surface area contributed by atoms with Crippen LogP contribution < -0.4 is 5.73 Å². The molecule has 1 heterocycles. The summed E-state index contributed by atoms with van der Waals surface area (Å²) in [5.41, 5.74) is 5.38. The molecule has 0 aromatic heterocycles. The number of amides is 1. The number of nitrogens with zero attached hydrogens (tertiary/aromatic N) is 2. The van der Waals surface area contributed by atoms with Gasteiger partial charge in [-0.2, -0.15) is 11.8 Å². The predicted molar refractivity (Wildman–Crippen MR) is 70.7 cm³/mol. The highest BCUT2D eigenvalue weighted by Gasteiger charge is 2.27. The van der Waals surface area contributed by atoms with Crippen LogP contribution in [0.1, 0.15) is 10.4 Å². The van der Waals surface area contributed by atoms with E-state index in [1.165, 1.54) is 12.1 Å². The summed E-state index contributed by atoms with van der Waals surface area (Å²) in [6, 6.07) is 4.45. The molecule has 0 unspecified atom stereocenters. The maximum absolute atomic E-state index is 12.2. The topological polar surface area (TPSA) is 89.5 Å². The van der Waals surface area contributed by atoms with Crippen molar-refractivity contribution in [2.24, 2.45) is 0 Å². The molecule has 1 aromatic rings. The molecule has 96 valence electrons. The average Bonchev–Trinajstić information content (AvgIpc) is 2.38. The lowest BCUT2D eigenvalue weighted by atomic mass is 10.1. The molecule has 6 nitrogen and oxygen atoms in total. The number of carbonyl (C=O) groups is 1. The monoisotopic (exact) mass is 267 g/mol. The van der Waals surface area contributed by atoms with Crippen LogP contribution in [0.4, 0.5) is 11.4 Å². The Morgan fingerprint density at radius 1 is 1.39 bits per heavy atom. The Kier molecular flexibility index (Phi) is 3.71. The highest BCUT2D eigenvalue weighted by molar-refractivity contribution is 7.99. The average molecular weight is 267 g/mol. The molecule has 1 aliphatic rings. The van der Waals surface area contributed by atoms with Crippen molar-refractivity contribution in [1.29, 1.82) is 0 Å². The van der Waals surface area contributed by atoms with Gasteiger partial charge < -0.3 is 10.6 Å². The molecule has 0 radical (unpaired) electrons. The van der Waals surface area contributed by atoms with E-state index in [1.54, 1.807) is 22.7 Å². The van der Waals surface area contributed by atoms with Crippen LogP contribution in [0.25, 0.3) is 0 Å². The van der Waals surface area contributed by atoms with Gasteiger partial charge in [0.1, 0.15) is 11.3 Å². The first-order chi connectivity index (χ1) is 8.61. The molecule has 2 rings (SSSR count). The molecule has 1 saturated heterocycles. The van der Waals surface area contributed by atoms with Crippen molar-refractivity contribution in [3.8, 4) is 0 Å². The number of hydrogen-bond acceptors (Lipinski definition) is 5. The van der Waals surface area contributed by atoms with Gasteiger partial charge in [-0.1, -0.05) is 6.07 Å². The lowest BCUT2D eigenvalue weighted by molar-refractivity contribution is -0.384. The molecule has 0 spiro atoms. The van der Waals surface area contributed by atoms with Crippen LogP contribution >= 0.6 is 11.8 Å². The van der Waals surface area contributed by atoms with Crippen LogP contribution in [0.2, 0.25) is 0 Å². The smallest absolute Gasteiger partial charge is 0.304 e. The first kappa shape index (κ1) is 12.7. The summed E-state index contributed by atoms with van der Waals surface area (Å²) in [4.78, 5) is 24.3. The third-order valence-electron chi connectivity index (χ3n) is 2.78. The minimum absolute atomic E-state index is 0.0252. The molecule has 0 aliphatic carbocycles. The molecule has 0 atom stereocenters. The van der Waals surface area contributed by atoms with E-state index in [4.69, 9.17) is 5.73 Å². The van der Waals surface area contributed by atoms with E-state index in [0.29, 0.717) is 13.1 Å². The van der Waals surface area contributed by atoms with Crippen LogP contribution in [0, 0.1) is 10.1 Å². The van der Waals surface area contributed by atoms with Crippen molar-refractivity contribution in [2.45, 2.75) is 0 Å². The van der Waals surface area contributed by atoms with Crippen molar-refractivity contribution in [3.05, 3.63) is 33.9 Å². The standard InChI is InChI=1S/C11H13N3O3S/c12-9-3-1-2-8(10(9)14(16)17)11(15)13-4-6-18-7-5-13/h1-3H,4-7,12H2. The maximum atomic E-state index is 12.2. The first-order valence-electron chi connectivity index (χ1n) is 5.51. The molecule has 1 aromatic carbocycles. The number of nitro groups is 1. The highest BCUT2D eigenvalue weighted by Crippen LogP contribution is 2.27. The summed E-state index contributed by atoms with van der Waals surface area (Å²) >= 11 is 1.77. The van der Waals surface area contributed by atoms with E-state index in [0.717, 1.165) is 11.5 Å². The Balaban J connectivity index is 2.35. The molecule has 1 amide bonds. The fourth-order valence-corrected chi connectivity index (χ4v) is 2.78. The van der Waals surface area contributed by atoms with E-state index in [2.05, 4.69) is 0 Å². The molecule has 0 saturated carbocycles. The van der Waals surface area contributed by atoms with E-state index in [9.17, 15) is 14.9 Å². The number of para-hydroxylation sites is 1. The van der Waals surface area contributed by atoms with Crippen LogP contribution in [-0.2, 0) is 0 Å². The SMILES string of the molecule is Nc1cccc(C(=O)N2CCSCC2)c1[N+](=O)[O-]. The second-order valence-corrected chi connectivity index (χ2v) is 5.13. The fraction of sp³-hybridized carbons (Fsp3) is 0.364. The van der Waals surface area contributed by atoms with Crippen LogP contribution in [0.3, 0.4) is 0 Å². The van der Waals surface area contributed by atoms with E-state index in [1.807, 2.05) is 0 Å². The number of thioether (sulfide) groups is 1. The van der Waals surface area contributed by atoms with Gasteiger partial charge in [0, 0.05) is 24.6 Å². The Bertz CT molecular complexity index is 486. The Labute approximate surface area is 108 Å². The molecule has 1 fully saturated rings. The summed E-state index contributed by atoms with van der Waals surface area (Å²) < 4.78 is 0. The van der Waals surface area contributed by atoms with Crippen molar-refractivity contribution < 1.29 is 9.72 Å². The summed E-state index contributed by atoms with van der Waals surface area (Å²) in [7, 11) is 0. The number of nitrogens with two attached hydrogens (primary N) is 1. The van der Waals surface area contributed by atoms with Crippen molar-refractivity contribution in [1.82, 2.24) is 4.90 Å². The molecule has 18 heavy (non-hydrogen) atoms. The van der Waals surface area contributed by atoms with E-state index >= 15 is 0 Å². The molecule has 1 aliphatic heterocycles. The quantitative estimate of drug-likeness (QED) is 0.496. The minimum atomic E-state index is -0.596. The van der Waals surface area contributed by atoms with Crippen molar-refractivity contribution in [2.75, 3.05) is 30.3 Å². The third kappa shape index (κ3) is 2.40. The van der Waals surface area contributed by atoms with Gasteiger partial charge in [-0.3, -0.25) is 14.9 Å². The second kappa shape index (κ2) is 5.26. The zero-order valence-electron chi connectivity index (χ0n) is 9.67. The van der Waals surface area contributed by atoms with Crippen molar-refractivity contribution >= 4 is 29.0 Å². The predicted octanol–water partition coefficient (Wildman–Crippen LogP) is 1.37. The Morgan fingerprint density at radius 3 is 2.67 bits per heavy atom. The lowest BCUT2D eigenvalue weighted by Crippen LogP contribution is -2.38. The minimum Gasteiger partial charge on any atom is -0.393 e. The molecular formula is C11H13N3O3S. The molecule has 0 bridgehead atoms. The number of hydrogen-bond donors (Lipinski definition) is 1. The van der Waals surface area contributed by atoms with E-state index < -0.39 is 4.92 Å². The zero-order chi connectivity index (χ0) is 13.1. The van der Waals surface area contributed by atoms with Gasteiger partial charge in [0.2, 0.25) is 0 Å². The number of nitro benzene ring substituents is 1. The van der Waals surface area contributed by atoms with Gasteiger partial charge in [0.05, 0.1) is 4.92 Å². The molecule has 2 N–H and O–H groups in total. The molecule has 7 heteroatoms. The fourth-order valence-electron chi connectivity index (χ4n) is 1.87. The van der Waals surface area contributed by atoms with Crippen molar-refractivity contribution in [3.63, 3.8) is 0 Å². The number of benzene rings is 1. The second-order valence-electron chi connectivity index (χ2n) is 3.91. The summed E-state index contributed by atoms with van der Waals surface area (Å²) in [5.74, 6) is 1.42. The highest BCUT2D eigenvalue weighted by atomic mass is 32.2. The number of anilines is 1. The van der Waals surface area contributed by atoms with Gasteiger partial charge in [-0.05, 0) is 12.1 Å². The molecular weight excluding hydrogens is 254 g/mol. The largest absolute Gasteiger partial charge is 0.393 e. The lowest BCUT2D eigenvalue weighted by Gasteiger charge is -2.26. The number of carbonyl (C=O) groups excluding carboxylic acids is 1. The van der Waals surface area contributed by atoms with Gasteiger partial charge in [0.25, 0.3) is 5.91 Å². The maximum Gasteiger partial charge on any atom is 0.304 e. The summed E-state index contributed by atoms with van der Waals surface area (Å²) in [6.45, 7) is 1.24. The van der Waals surface area contributed by atoms with E-state index in [-0.39, 0.29) is 22.8 Å². The number of nitrogen functional groups attached to an aromatic ring is 1. The summed E-state index contributed by atoms with van der Waals surface area (Å²) in [6.07, 6.45) is 0. The van der Waals surface area contributed by atoms with Gasteiger partial charge >= 0.3 is 5.69 Å². The van der Waals surface area contributed by atoms with Gasteiger partial charge in [-0.15, -0.1) is 0 Å². The number of rotatable bonds is 2. The Morgan fingerprint density at radius 2 is 2.06 bits per heavy atom. The first-order valence-corrected chi connectivity index (χ1v) is 6.66. The third-order valence-corrected chi connectivity index (χ3v) is 3.72. The van der Waals surface area contributed by atoms with Crippen LogP contribution in [0.5, 0.6) is 0 Å². The zero-order valence-corrected chi connectivity index (χ0v) is 10.5. The normalized spacial score (nSPS) is 15.4. The van der Waals surface area contributed by atoms with Gasteiger partial charge in [-0.25, -0.2) is 0 Å². The Hall–Kier alpha value is -1.76. The summed E-state index contributed by atoms with van der Waals surface area (Å²) in [5, 5.41) is 11.0. The van der Waals surface area contributed by atoms with Crippen LogP contribution in [-0.4, -0.2) is 40.3 Å². The van der Waals surface area contributed by atoms with Crippen LogP contribution in [0.15, 0.2) is 18.2 Å². The van der Waals surface area contributed by atoms with Gasteiger partial charge in [0.15, 0.2) is 0 Å².